The Hall–Kier alpha value is -2.73. The third-order valence-electron chi connectivity index (χ3n) is 5.93. The third kappa shape index (κ3) is 2.79. The standard InChI is InChI=1S/C22H22FN3O2/c1-13-20-16(4-2-6-17(20)23)12-26(13)22(27)14-7-8-18-19(10-14)28-21(25-18)15-5-3-9-24-11-15/h2,4,6-8,10,13,15,24H,3,5,9,11-12H2,1H3/t13-,15?/m1/s1. The first-order valence-electron chi connectivity index (χ1n) is 9.81. The lowest BCUT2D eigenvalue weighted by Gasteiger charge is -2.22. The topological polar surface area (TPSA) is 58.4 Å². The molecule has 0 spiro atoms. The van der Waals surface area contributed by atoms with Crippen LogP contribution in [0.15, 0.2) is 40.8 Å². The van der Waals surface area contributed by atoms with Gasteiger partial charge in [-0.2, -0.15) is 0 Å². The van der Waals surface area contributed by atoms with Gasteiger partial charge in [-0.3, -0.25) is 4.79 Å². The van der Waals surface area contributed by atoms with Crippen molar-refractivity contribution in [3.8, 4) is 0 Å². The van der Waals surface area contributed by atoms with Gasteiger partial charge in [0.15, 0.2) is 11.5 Å². The molecule has 1 aromatic heterocycles. The highest BCUT2D eigenvalue weighted by molar-refractivity contribution is 5.97. The molecular weight excluding hydrogens is 357 g/mol. The van der Waals surface area contributed by atoms with E-state index in [0.29, 0.717) is 23.3 Å². The van der Waals surface area contributed by atoms with Gasteiger partial charge in [-0.25, -0.2) is 9.37 Å². The summed E-state index contributed by atoms with van der Waals surface area (Å²) >= 11 is 0. The van der Waals surface area contributed by atoms with E-state index in [1.165, 1.54) is 6.07 Å². The molecule has 1 fully saturated rings. The SMILES string of the molecule is C[C@@H]1c2c(F)cccc2CN1C(=O)c1ccc2nc(C3CCCNC3)oc2c1. The first-order chi connectivity index (χ1) is 13.6. The summed E-state index contributed by atoms with van der Waals surface area (Å²) < 4.78 is 20.2. The first kappa shape index (κ1) is 17.4. The van der Waals surface area contributed by atoms with Crippen molar-refractivity contribution in [2.45, 2.75) is 38.3 Å². The second kappa shape index (κ2) is 6.71. The fourth-order valence-electron chi connectivity index (χ4n) is 4.39. The Bertz CT molecular complexity index is 1060. The highest BCUT2D eigenvalue weighted by Gasteiger charge is 2.33. The number of fused-ring (bicyclic) bond motifs is 2. The predicted molar refractivity (Wildman–Crippen MR) is 104 cm³/mol. The number of nitrogens with zero attached hydrogens (tertiary/aromatic N) is 2. The molecule has 0 saturated carbocycles. The summed E-state index contributed by atoms with van der Waals surface area (Å²) in [6.45, 7) is 4.19. The van der Waals surface area contributed by atoms with Crippen LogP contribution in [0, 0.1) is 5.82 Å². The smallest absolute Gasteiger partial charge is 0.254 e. The quantitative estimate of drug-likeness (QED) is 0.727. The number of oxazole rings is 1. The molecule has 2 aliphatic rings. The van der Waals surface area contributed by atoms with E-state index in [2.05, 4.69) is 10.3 Å². The lowest BCUT2D eigenvalue weighted by Crippen LogP contribution is -2.28. The van der Waals surface area contributed by atoms with Gasteiger partial charge in [0.05, 0.1) is 6.04 Å². The van der Waals surface area contributed by atoms with E-state index >= 15 is 0 Å². The highest BCUT2D eigenvalue weighted by atomic mass is 19.1. The van der Waals surface area contributed by atoms with E-state index in [-0.39, 0.29) is 23.7 Å². The predicted octanol–water partition coefficient (Wildman–Crippen LogP) is 4.15. The van der Waals surface area contributed by atoms with E-state index in [1.54, 1.807) is 23.1 Å². The molecule has 2 atom stereocenters. The van der Waals surface area contributed by atoms with Gasteiger partial charge < -0.3 is 14.6 Å². The number of aromatic nitrogens is 1. The molecule has 5 nitrogen and oxygen atoms in total. The molecular formula is C22H22FN3O2. The molecule has 1 saturated heterocycles. The maximum absolute atomic E-state index is 14.2. The zero-order chi connectivity index (χ0) is 19.3. The van der Waals surface area contributed by atoms with Crippen LogP contribution < -0.4 is 5.32 Å². The van der Waals surface area contributed by atoms with Crippen LogP contribution >= 0.6 is 0 Å². The van der Waals surface area contributed by atoms with Crippen molar-refractivity contribution >= 4 is 17.0 Å². The Morgan fingerprint density at radius 1 is 1.32 bits per heavy atom. The van der Waals surface area contributed by atoms with E-state index < -0.39 is 0 Å². The molecule has 3 heterocycles. The van der Waals surface area contributed by atoms with Gasteiger partial charge in [0.25, 0.3) is 5.91 Å². The maximum atomic E-state index is 14.2. The first-order valence-corrected chi connectivity index (χ1v) is 9.81. The van der Waals surface area contributed by atoms with Gasteiger partial charge in [0.2, 0.25) is 0 Å². The molecule has 0 radical (unpaired) electrons. The Morgan fingerprint density at radius 3 is 3.00 bits per heavy atom. The number of amides is 1. The van der Waals surface area contributed by atoms with E-state index in [1.807, 2.05) is 19.1 Å². The van der Waals surface area contributed by atoms with Crippen LogP contribution in [0.3, 0.4) is 0 Å². The van der Waals surface area contributed by atoms with Gasteiger partial charge in [-0.15, -0.1) is 0 Å². The van der Waals surface area contributed by atoms with Gasteiger partial charge >= 0.3 is 0 Å². The van der Waals surface area contributed by atoms with Crippen LogP contribution in [0.25, 0.3) is 11.1 Å². The number of carbonyl (C=O) groups excluding carboxylic acids is 1. The molecule has 3 aromatic rings. The number of hydrogen-bond acceptors (Lipinski definition) is 4. The van der Waals surface area contributed by atoms with Gasteiger partial charge in [0.1, 0.15) is 11.3 Å². The minimum absolute atomic E-state index is 0.123. The maximum Gasteiger partial charge on any atom is 0.254 e. The number of hydrogen-bond donors (Lipinski definition) is 1. The molecule has 6 heteroatoms. The van der Waals surface area contributed by atoms with Gasteiger partial charge in [0, 0.05) is 30.1 Å². The number of benzene rings is 2. The Morgan fingerprint density at radius 2 is 2.21 bits per heavy atom. The van der Waals surface area contributed by atoms with Crippen molar-refractivity contribution < 1.29 is 13.6 Å². The second-order valence-corrected chi connectivity index (χ2v) is 7.70. The molecule has 28 heavy (non-hydrogen) atoms. The number of rotatable bonds is 2. The largest absolute Gasteiger partial charge is 0.440 e. The number of piperidine rings is 1. The Balaban J connectivity index is 1.43. The van der Waals surface area contributed by atoms with E-state index in [4.69, 9.17) is 4.42 Å². The second-order valence-electron chi connectivity index (χ2n) is 7.70. The number of carbonyl (C=O) groups is 1. The zero-order valence-electron chi connectivity index (χ0n) is 15.7. The van der Waals surface area contributed by atoms with Crippen LogP contribution in [-0.2, 0) is 6.54 Å². The summed E-state index contributed by atoms with van der Waals surface area (Å²) in [5, 5.41) is 3.37. The molecule has 2 aliphatic heterocycles. The van der Waals surface area contributed by atoms with Crippen molar-refractivity contribution in [1.82, 2.24) is 15.2 Å². The Kier molecular flexibility index (Phi) is 4.16. The summed E-state index contributed by atoms with van der Waals surface area (Å²) in [5.41, 5.74) is 3.41. The van der Waals surface area contributed by atoms with Crippen LogP contribution in [0.4, 0.5) is 4.39 Å². The summed E-state index contributed by atoms with van der Waals surface area (Å²) in [6.07, 6.45) is 2.16. The summed E-state index contributed by atoms with van der Waals surface area (Å²) in [5.74, 6) is 0.631. The molecule has 1 N–H and O–H groups in total. The lowest BCUT2D eigenvalue weighted by molar-refractivity contribution is 0.0704. The summed E-state index contributed by atoms with van der Waals surface area (Å²) in [4.78, 5) is 19.4. The number of halogens is 1. The molecule has 0 bridgehead atoms. The normalized spacial score (nSPS) is 21.9. The van der Waals surface area contributed by atoms with Crippen molar-refractivity contribution in [3.63, 3.8) is 0 Å². The van der Waals surface area contributed by atoms with Crippen molar-refractivity contribution in [2.24, 2.45) is 0 Å². The summed E-state index contributed by atoms with van der Waals surface area (Å²) in [6, 6.07) is 10.1. The Labute approximate surface area is 162 Å². The lowest BCUT2D eigenvalue weighted by atomic mass is 10.00. The van der Waals surface area contributed by atoms with Crippen molar-refractivity contribution in [1.29, 1.82) is 0 Å². The third-order valence-corrected chi connectivity index (χ3v) is 5.93. The molecule has 2 aromatic carbocycles. The molecule has 5 rings (SSSR count). The fraction of sp³-hybridized carbons (Fsp3) is 0.364. The van der Waals surface area contributed by atoms with Crippen molar-refractivity contribution in [3.05, 3.63) is 64.8 Å². The highest BCUT2D eigenvalue weighted by Crippen LogP contribution is 2.36. The van der Waals surface area contributed by atoms with E-state index in [0.717, 1.165) is 42.9 Å². The van der Waals surface area contributed by atoms with Crippen LogP contribution in [-0.4, -0.2) is 28.9 Å². The average Bonchev–Trinajstić information content (AvgIpc) is 3.29. The van der Waals surface area contributed by atoms with Crippen LogP contribution in [0.2, 0.25) is 0 Å². The van der Waals surface area contributed by atoms with Gasteiger partial charge in [-0.05, 0) is 56.1 Å². The number of nitrogens with one attached hydrogen (secondary N) is 1. The van der Waals surface area contributed by atoms with Crippen molar-refractivity contribution in [2.75, 3.05) is 13.1 Å². The monoisotopic (exact) mass is 379 g/mol. The van der Waals surface area contributed by atoms with Crippen LogP contribution in [0.5, 0.6) is 0 Å². The molecule has 0 aliphatic carbocycles. The fourth-order valence-corrected chi connectivity index (χ4v) is 4.39. The van der Waals surface area contributed by atoms with Gasteiger partial charge in [-0.1, -0.05) is 12.1 Å². The van der Waals surface area contributed by atoms with E-state index in [9.17, 15) is 9.18 Å². The molecule has 1 amide bonds. The zero-order valence-corrected chi connectivity index (χ0v) is 15.7. The minimum atomic E-state index is -0.294. The summed E-state index contributed by atoms with van der Waals surface area (Å²) in [7, 11) is 0. The van der Waals surface area contributed by atoms with Crippen LogP contribution in [0.1, 0.15) is 59.1 Å². The molecule has 1 unspecified atom stereocenters. The minimum Gasteiger partial charge on any atom is -0.440 e. The average molecular weight is 379 g/mol. The molecule has 144 valence electrons.